The summed E-state index contributed by atoms with van der Waals surface area (Å²) >= 11 is 0. The van der Waals surface area contributed by atoms with Crippen LogP contribution >= 0.6 is 0 Å². The molecule has 20 heavy (non-hydrogen) atoms. The molecule has 0 unspecified atom stereocenters. The number of nitrogens with zero attached hydrogens (tertiary/aromatic N) is 4. The van der Waals surface area contributed by atoms with Crippen LogP contribution in [-0.2, 0) is 22.8 Å². The molecule has 0 atom stereocenters. The minimum Gasteiger partial charge on any atom is -0.477 e. The summed E-state index contributed by atoms with van der Waals surface area (Å²) in [5, 5.41) is 19.2. The van der Waals surface area contributed by atoms with Gasteiger partial charge in [0.1, 0.15) is 19.0 Å². The Morgan fingerprint density at radius 1 is 1.45 bits per heavy atom. The Morgan fingerprint density at radius 3 is 2.95 bits per heavy atom. The molecule has 9 nitrogen and oxygen atoms in total. The van der Waals surface area contributed by atoms with Crippen molar-refractivity contribution < 1.29 is 19.4 Å². The lowest BCUT2D eigenvalue weighted by Gasteiger charge is -2.04. The molecule has 2 rings (SSSR count). The zero-order valence-electron chi connectivity index (χ0n) is 10.7. The number of anilines is 1. The summed E-state index contributed by atoms with van der Waals surface area (Å²) in [6, 6.07) is 1.33. The van der Waals surface area contributed by atoms with Gasteiger partial charge in [0.2, 0.25) is 5.91 Å². The Bertz CT molecular complexity index is 618. The van der Waals surface area contributed by atoms with Crippen molar-refractivity contribution in [3.63, 3.8) is 0 Å². The summed E-state index contributed by atoms with van der Waals surface area (Å²) in [7, 11) is 1.53. The second-order valence-corrected chi connectivity index (χ2v) is 3.91. The van der Waals surface area contributed by atoms with Gasteiger partial charge in [0.05, 0.1) is 18.1 Å². The summed E-state index contributed by atoms with van der Waals surface area (Å²) in [5.41, 5.74) is 0.450. The van der Waals surface area contributed by atoms with Crippen LogP contribution in [0.1, 0.15) is 10.5 Å². The first kappa shape index (κ1) is 13.7. The second kappa shape index (κ2) is 5.97. The maximum Gasteiger partial charge on any atom is 0.354 e. The summed E-state index contributed by atoms with van der Waals surface area (Å²) in [6.07, 6.45) is 4.40. The number of amides is 1. The Balaban J connectivity index is 1.98. The maximum atomic E-state index is 11.8. The van der Waals surface area contributed by atoms with Crippen molar-refractivity contribution in [2.45, 2.75) is 13.3 Å². The van der Waals surface area contributed by atoms with Crippen LogP contribution < -0.4 is 5.32 Å². The van der Waals surface area contributed by atoms with E-state index in [9.17, 15) is 9.59 Å². The van der Waals surface area contributed by atoms with Crippen molar-refractivity contribution >= 4 is 17.6 Å². The first-order valence-corrected chi connectivity index (χ1v) is 5.66. The molecule has 0 aliphatic heterocycles. The van der Waals surface area contributed by atoms with E-state index in [2.05, 4.69) is 15.5 Å². The van der Waals surface area contributed by atoms with E-state index < -0.39 is 11.9 Å². The Morgan fingerprint density at radius 2 is 2.25 bits per heavy atom. The van der Waals surface area contributed by atoms with Crippen LogP contribution in [0.2, 0.25) is 0 Å². The van der Waals surface area contributed by atoms with Gasteiger partial charge in [-0.25, -0.2) is 14.2 Å². The van der Waals surface area contributed by atoms with Crippen molar-refractivity contribution in [2.24, 2.45) is 0 Å². The van der Waals surface area contributed by atoms with Gasteiger partial charge in [-0.1, -0.05) is 0 Å². The van der Waals surface area contributed by atoms with Crippen LogP contribution in [0.3, 0.4) is 0 Å². The highest BCUT2D eigenvalue weighted by Gasteiger charge is 2.13. The molecule has 106 valence electrons. The van der Waals surface area contributed by atoms with Crippen LogP contribution in [0.15, 0.2) is 24.7 Å². The van der Waals surface area contributed by atoms with Crippen LogP contribution in [0.25, 0.3) is 0 Å². The minimum absolute atomic E-state index is 0.0461. The number of carboxylic acid groups (broad SMARTS) is 1. The first-order valence-electron chi connectivity index (χ1n) is 5.66. The first-order chi connectivity index (χ1) is 9.60. The quantitative estimate of drug-likeness (QED) is 0.771. The van der Waals surface area contributed by atoms with Gasteiger partial charge in [0.25, 0.3) is 0 Å². The van der Waals surface area contributed by atoms with Gasteiger partial charge >= 0.3 is 5.97 Å². The molecule has 9 heteroatoms. The van der Waals surface area contributed by atoms with Crippen molar-refractivity contribution in [1.29, 1.82) is 0 Å². The Hall–Kier alpha value is -2.68. The third kappa shape index (κ3) is 3.20. The van der Waals surface area contributed by atoms with E-state index in [0.29, 0.717) is 5.69 Å². The fourth-order valence-electron chi connectivity index (χ4n) is 1.61. The molecule has 2 heterocycles. The molecule has 0 fully saturated rings. The summed E-state index contributed by atoms with van der Waals surface area (Å²) in [5.74, 6) is -1.53. The van der Waals surface area contributed by atoms with E-state index in [1.165, 1.54) is 30.3 Å². The largest absolute Gasteiger partial charge is 0.477 e. The SMILES string of the molecule is COCn1cc(NC(=O)Cn2nccc2C(=O)O)cn1. The van der Waals surface area contributed by atoms with Gasteiger partial charge in [-0.3, -0.25) is 4.79 Å². The third-order valence-electron chi connectivity index (χ3n) is 2.41. The fourth-order valence-corrected chi connectivity index (χ4v) is 1.61. The fraction of sp³-hybridized carbons (Fsp3) is 0.273. The average Bonchev–Trinajstić information content (AvgIpc) is 2.99. The molecule has 0 aromatic carbocycles. The number of methoxy groups -OCH3 is 1. The number of rotatable bonds is 6. The molecule has 2 aromatic heterocycles. The molecule has 0 bridgehead atoms. The van der Waals surface area contributed by atoms with Gasteiger partial charge in [-0.15, -0.1) is 0 Å². The van der Waals surface area contributed by atoms with Crippen molar-refractivity contribution in [3.05, 3.63) is 30.4 Å². The highest BCUT2D eigenvalue weighted by Crippen LogP contribution is 2.06. The molecule has 2 aromatic rings. The lowest BCUT2D eigenvalue weighted by molar-refractivity contribution is -0.116. The standard InChI is InChI=1S/C11H13N5O4/c1-20-7-15-5-8(4-13-15)14-10(17)6-16-9(11(18)19)2-3-12-16/h2-5H,6-7H2,1H3,(H,14,17)(H,18,19). The number of carbonyl (C=O) groups is 2. The van der Waals surface area contributed by atoms with Crippen molar-refractivity contribution in [3.8, 4) is 0 Å². The summed E-state index contributed by atoms with van der Waals surface area (Å²) in [6.45, 7) is 0.0856. The van der Waals surface area contributed by atoms with E-state index >= 15 is 0 Å². The smallest absolute Gasteiger partial charge is 0.354 e. The number of ether oxygens (including phenoxy) is 1. The molecule has 0 radical (unpaired) electrons. The highest BCUT2D eigenvalue weighted by atomic mass is 16.5. The molecule has 0 aliphatic rings. The zero-order valence-corrected chi connectivity index (χ0v) is 10.7. The molecule has 0 saturated heterocycles. The number of carbonyl (C=O) groups excluding carboxylic acids is 1. The second-order valence-electron chi connectivity index (χ2n) is 3.91. The number of carboxylic acids is 1. The monoisotopic (exact) mass is 279 g/mol. The van der Waals surface area contributed by atoms with Gasteiger partial charge < -0.3 is 15.2 Å². The summed E-state index contributed by atoms with van der Waals surface area (Å²) in [4.78, 5) is 22.7. The Kier molecular flexibility index (Phi) is 4.11. The van der Waals surface area contributed by atoms with E-state index in [-0.39, 0.29) is 19.0 Å². The van der Waals surface area contributed by atoms with Crippen LogP contribution in [0.4, 0.5) is 5.69 Å². The number of aromatic carboxylic acids is 1. The van der Waals surface area contributed by atoms with Crippen molar-refractivity contribution in [2.75, 3.05) is 12.4 Å². The number of aromatic nitrogens is 4. The molecule has 1 amide bonds. The average molecular weight is 279 g/mol. The third-order valence-corrected chi connectivity index (χ3v) is 2.41. The van der Waals surface area contributed by atoms with Gasteiger partial charge in [0.15, 0.2) is 0 Å². The molecule has 2 N–H and O–H groups in total. The Labute approximate surface area is 113 Å². The molecule has 0 aliphatic carbocycles. The topological polar surface area (TPSA) is 111 Å². The van der Waals surface area contributed by atoms with Crippen LogP contribution in [0, 0.1) is 0 Å². The summed E-state index contributed by atoms with van der Waals surface area (Å²) < 4.78 is 7.50. The predicted molar refractivity (Wildman–Crippen MR) is 67.1 cm³/mol. The highest BCUT2D eigenvalue weighted by molar-refractivity contribution is 5.91. The number of hydrogen-bond acceptors (Lipinski definition) is 5. The van der Waals surface area contributed by atoms with E-state index in [1.807, 2.05) is 0 Å². The van der Waals surface area contributed by atoms with Crippen LogP contribution in [0.5, 0.6) is 0 Å². The predicted octanol–water partition coefficient (Wildman–Crippen LogP) is 0.0204. The van der Waals surface area contributed by atoms with Gasteiger partial charge in [-0.2, -0.15) is 10.2 Å². The normalized spacial score (nSPS) is 10.4. The zero-order chi connectivity index (χ0) is 14.5. The minimum atomic E-state index is -1.14. The lowest BCUT2D eigenvalue weighted by atomic mass is 10.4. The van der Waals surface area contributed by atoms with Crippen molar-refractivity contribution in [1.82, 2.24) is 19.6 Å². The maximum absolute atomic E-state index is 11.8. The van der Waals surface area contributed by atoms with E-state index in [0.717, 1.165) is 4.68 Å². The molecular formula is C11H13N5O4. The van der Waals surface area contributed by atoms with Gasteiger partial charge in [0, 0.05) is 13.3 Å². The lowest BCUT2D eigenvalue weighted by Crippen LogP contribution is -2.22. The molecule has 0 saturated carbocycles. The van der Waals surface area contributed by atoms with Gasteiger partial charge in [-0.05, 0) is 6.07 Å². The van der Waals surface area contributed by atoms with E-state index in [1.54, 1.807) is 6.20 Å². The molecule has 0 spiro atoms. The number of nitrogens with one attached hydrogen (secondary N) is 1. The number of hydrogen-bond donors (Lipinski definition) is 2. The molecular weight excluding hydrogens is 266 g/mol. The van der Waals surface area contributed by atoms with Crippen LogP contribution in [-0.4, -0.2) is 43.7 Å². The van der Waals surface area contributed by atoms with E-state index in [4.69, 9.17) is 9.84 Å².